The van der Waals surface area contributed by atoms with E-state index in [9.17, 15) is 9.59 Å². The second-order valence-electron chi connectivity index (χ2n) is 7.06. The zero-order chi connectivity index (χ0) is 17.6. The van der Waals surface area contributed by atoms with Gasteiger partial charge in [-0.3, -0.25) is 9.59 Å². The number of hydrogen-bond acceptors (Lipinski definition) is 3. The number of carbonyl (C=O) groups excluding carboxylic acids is 2. The highest BCUT2D eigenvalue weighted by molar-refractivity contribution is 5.94. The van der Waals surface area contributed by atoms with E-state index in [0.717, 1.165) is 18.7 Å². The van der Waals surface area contributed by atoms with Gasteiger partial charge >= 0.3 is 0 Å². The van der Waals surface area contributed by atoms with Crippen LogP contribution in [0, 0.1) is 0 Å². The van der Waals surface area contributed by atoms with Crippen LogP contribution in [-0.2, 0) is 18.9 Å². The molecule has 132 valence electrons. The minimum Gasteiger partial charge on any atom is -0.356 e. The molecule has 1 saturated heterocycles. The highest BCUT2D eigenvalue weighted by Gasteiger charge is 2.46. The van der Waals surface area contributed by atoms with Crippen molar-refractivity contribution >= 4 is 11.8 Å². The number of aromatic nitrogens is 3. The van der Waals surface area contributed by atoms with Crippen LogP contribution in [0.5, 0.6) is 0 Å². The molecule has 7 nitrogen and oxygen atoms in total. The van der Waals surface area contributed by atoms with Gasteiger partial charge in [0.1, 0.15) is 11.9 Å². The summed E-state index contributed by atoms with van der Waals surface area (Å²) in [6.07, 6.45) is 10.5. The molecular weight excluding hydrogens is 318 g/mol. The van der Waals surface area contributed by atoms with Gasteiger partial charge < -0.3 is 19.4 Å². The molecule has 4 rings (SSSR count). The van der Waals surface area contributed by atoms with Crippen molar-refractivity contribution in [3.05, 3.63) is 42.2 Å². The van der Waals surface area contributed by atoms with Crippen LogP contribution in [0.4, 0.5) is 0 Å². The fourth-order valence-corrected chi connectivity index (χ4v) is 3.71. The number of hydrogen-bond donors (Lipinski definition) is 1. The van der Waals surface area contributed by atoms with Crippen LogP contribution in [0.15, 0.2) is 30.9 Å². The van der Waals surface area contributed by atoms with Crippen molar-refractivity contribution in [3.8, 4) is 0 Å². The fourth-order valence-electron chi connectivity index (χ4n) is 3.71. The van der Waals surface area contributed by atoms with E-state index in [4.69, 9.17) is 0 Å². The maximum atomic E-state index is 12.6. The zero-order valence-corrected chi connectivity index (χ0v) is 14.6. The Labute approximate surface area is 146 Å². The van der Waals surface area contributed by atoms with Gasteiger partial charge in [-0.05, 0) is 25.3 Å². The molecule has 2 aliphatic rings. The number of imidazole rings is 1. The topological polar surface area (TPSA) is 72.2 Å². The lowest BCUT2D eigenvalue weighted by Crippen LogP contribution is -2.53. The van der Waals surface area contributed by atoms with Crippen molar-refractivity contribution in [2.75, 3.05) is 0 Å². The van der Waals surface area contributed by atoms with Gasteiger partial charge in [0.25, 0.3) is 5.91 Å². The summed E-state index contributed by atoms with van der Waals surface area (Å²) in [6, 6.07) is 1.75. The molecule has 0 bridgehead atoms. The van der Waals surface area contributed by atoms with Crippen molar-refractivity contribution in [2.45, 2.75) is 43.8 Å². The molecule has 2 amide bonds. The van der Waals surface area contributed by atoms with Crippen LogP contribution in [0.1, 0.15) is 47.9 Å². The number of amides is 2. The lowest BCUT2D eigenvalue weighted by Gasteiger charge is -2.41. The SMILES string of the molecule is Cn1ccc(C(=O)N[C@@H]2CCC(=O)N(C3CC3)[C@H]2c2nccn2C)c1. The van der Waals surface area contributed by atoms with Crippen LogP contribution in [-0.4, -0.2) is 42.9 Å². The van der Waals surface area contributed by atoms with E-state index in [0.29, 0.717) is 18.4 Å². The summed E-state index contributed by atoms with van der Waals surface area (Å²) in [5, 5.41) is 3.15. The quantitative estimate of drug-likeness (QED) is 0.913. The molecule has 0 unspecified atom stereocenters. The van der Waals surface area contributed by atoms with E-state index in [-0.39, 0.29) is 29.9 Å². The van der Waals surface area contributed by atoms with Crippen LogP contribution in [0.3, 0.4) is 0 Å². The van der Waals surface area contributed by atoms with E-state index in [2.05, 4.69) is 10.3 Å². The van der Waals surface area contributed by atoms with Gasteiger partial charge in [0, 0.05) is 51.3 Å². The van der Waals surface area contributed by atoms with E-state index in [1.54, 1.807) is 18.5 Å². The Balaban J connectivity index is 1.63. The Kier molecular flexibility index (Phi) is 3.86. The first-order valence-electron chi connectivity index (χ1n) is 8.76. The first-order chi connectivity index (χ1) is 12.0. The maximum absolute atomic E-state index is 12.6. The van der Waals surface area contributed by atoms with Gasteiger partial charge in [0.05, 0.1) is 11.6 Å². The van der Waals surface area contributed by atoms with E-state index >= 15 is 0 Å². The number of carbonyl (C=O) groups is 2. The van der Waals surface area contributed by atoms with Crippen molar-refractivity contribution in [2.24, 2.45) is 14.1 Å². The molecule has 2 atom stereocenters. The summed E-state index contributed by atoms with van der Waals surface area (Å²) >= 11 is 0. The number of likely N-dealkylation sites (tertiary alicyclic amines) is 1. The van der Waals surface area contributed by atoms with E-state index < -0.39 is 0 Å². The zero-order valence-electron chi connectivity index (χ0n) is 14.6. The summed E-state index contributed by atoms with van der Waals surface area (Å²) in [7, 11) is 3.82. The molecular formula is C18H23N5O2. The van der Waals surface area contributed by atoms with Crippen LogP contribution >= 0.6 is 0 Å². The van der Waals surface area contributed by atoms with Gasteiger partial charge in [0.15, 0.2) is 0 Å². The number of aryl methyl sites for hydroxylation is 2. The third-order valence-corrected chi connectivity index (χ3v) is 5.11. The summed E-state index contributed by atoms with van der Waals surface area (Å²) in [5.41, 5.74) is 0.635. The Hall–Kier alpha value is -2.57. The predicted molar refractivity (Wildman–Crippen MR) is 91.7 cm³/mol. The average molecular weight is 341 g/mol. The van der Waals surface area contributed by atoms with Gasteiger partial charge in [-0.25, -0.2) is 4.98 Å². The lowest BCUT2D eigenvalue weighted by atomic mass is 9.94. The Morgan fingerprint density at radius 1 is 1.24 bits per heavy atom. The van der Waals surface area contributed by atoms with Crippen molar-refractivity contribution in [1.29, 1.82) is 0 Å². The molecule has 25 heavy (non-hydrogen) atoms. The maximum Gasteiger partial charge on any atom is 0.253 e. The minimum atomic E-state index is -0.207. The summed E-state index contributed by atoms with van der Waals surface area (Å²) in [5.74, 6) is 0.897. The smallest absolute Gasteiger partial charge is 0.253 e. The highest BCUT2D eigenvalue weighted by atomic mass is 16.2. The molecule has 1 saturated carbocycles. The first kappa shape index (κ1) is 15.9. The predicted octanol–water partition coefficient (Wildman–Crippen LogP) is 1.38. The normalized spacial score (nSPS) is 23.8. The molecule has 2 aromatic heterocycles. The van der Waals surface area contributed by atoms with Crippen molar-refractivity contribution < 1.29 is 9.59 Å². The third kappa shape index (κ3) is 2.94. The largest absolute Gasteiger partial charge is 0.356 e. The highest BCUT2D eigenvalue weighted by Crippen LogP contribution is 2.40. The number of piperidine rings is 1. The molecule has 7 heteroatoms. The van der Waals surface area contributed by atoms with E-state index in [1.165, 1.54) is 0 Å². The monoisotopic (exact) mass is 341 g/mol. The second-order valence-corrected chi connectivity index (χ2v) is 7.06. The molecule has 1 N–H and O–H groups in total. The minimum absolute atomic E-state index is 0.102. The first-order valence-corrected chi connectivity index (χ1v) is 8.76. The lowest BCUT2D eigenvalue weighted by molar-refractivity contribution is -0.138. The van der Waals surface area contributed by atoms with Crippen LogP contribution in [0.2, 0.25) is 0 Å². The van der Waals surface area contributed by atoms with Crippen molar-refractivity contribution in [1.82, 2.24) is 24.3 Å². The Bertz CT molecular complexity index is 804. The Morgan fingerprint density at radius 2 is 2.04 bits per heavy atom. The molecule has 2 aromatic rings. The molecule has 1 aliphatic carbocycles. The molecule has 0 radical (unpaired) electrons. The van der Waals surface area contributed by atoms with Gasteiger partial charge in [-0.1, -0.05) is 0 Å². The molecule has 2 fully saturated rings. The second kappa shape index (κ2) is 6.06. The number of rotatable bonds is 4. The summed E-state index contributed by atoms with van der Waals surface area (Å²) in [4.78, 5) is 31.7. The van der Waals surface area contributed by atoms with Crippen LogP contribution < -0.4 is 5.32 Å². The summed E-state index contributed by atoms with van der Waals surface area (Å²) < 4.78 is 3.80. The molecule has 0 spiro atoms. The number of nitrogens with zero attached hydrogens (tertiary/aromatic N) is 4. The number of nitrogens with one attached hydrogen (secondary N) is 1. The Morgan fingerprint density at radius 3 is 2.64 bits per heavy atom. The van der Waals surface area contributed by atoms with Gasteiger partial charge in [-0.15, -0.1) is 0 Å². The van der Waals surface area contributed by atoms with Gasteiger partial charge in [0.2, 0.25) is 5.91 Å². The molecule has 0 aromatic carbocycles. The molecule has 1 aliphatic heterocycles. The van der Waals surface area contributed by atoms with Crippen LogP contribution in [0.25, 0.3) is 0 Å². The summed E-state index contributed by atoms with van der Waals surface area (Å²) in [6.45, 7) is 0. The average Bonchev–Trinajstić information content (AvgIpc) is 3.18. The van der Waals surface area contributed by atoms with E-state index in [1.807, 2.05) is 40.5 Å². The molecule has 3 heterocycles. The standard InChI is InChI=1S/C18H23N5O2/c1-21-9-7-12(11-21)18(25)20-14-5-6-15(24)23(13-3-4-13)16(14)17-19-8-10-22(17)2/h7-11,13-14,16H,3-6H2,1-2H3,(H,20,25)/t14-,16-/m1/s1. The fraction of sp³-hybridized carbons (Fsp3) is 0.500. The van der Waals surface area contributed by atoms with Gasteiger partial charge in [-0.2, -0.15) is 0 Å². The van der Waals surface area contributed by atoms with Crippen molar-refractivity contribution in [3.63, 3.8) is 0 Å². The third-order valence-electron chi connectivity index (χ3n) is 5.11.